The third kappa shape index (κ3) is 4.87. The maximum absolute atomic E-state index is 12.9. The number of aryl methyl sites for hydroxylation is 1. The van der Waals surface area contributed by atoms with E-state index in [9.17, 15) is 21.6 Å². The van der Waals surface area contributed by atoms with Gasteiger partial charge < -0.3 is 5.32 Å². The second kappa shape index (κ2) is 8.29. The summed E-state index contributed by atoms with van der Waals surface area (Å²) in [7, 11) is -8.05. The van der Waals surface area contributed by atoms with Crippen LogP contribution in [0.1, 0.15) is 15.9 Å². The molecule has 3 aromatic carbocycles. The maximum atomic E-state index is 12.9. The highest BCUT2D eigenvalue weighted by atomic mass is 32.2. The summed E-state index contributed by atoms with van der Waals surface area (Å²) in [5, 5.41) is 2.73. The number of hydrogen-bond acceptors (Lipinski definition) is 5. The first-order valence-corrected chi connectivity index (χ1v) is 12.2. The van der Waals surface area contributed by atoms with Crippen LogP contribution >= 0.6 is 0 Å². The number of carbonyl (C=O) groups is 1. The van der Waals surface area contributed by atoms with E-state index >= 15 is 0 Å². The molecular formula is C21H20N2O5S2. The van der Waals surface area contributed by atoms with Gasteiger partial charge in [-0.05, 0) is 48.9 Å². The molecule has 0 radical (unpaired) electrons. The lowest BCUT2D eigenvalue weighted by molar-refractivity contribution is 0.102. The summed E-state index contributed by atoms with van der Waals surface area (Å²) in [5.41, 5.74) is 1.66. The molecule has 0 atom stereocenters. The largest absolute Gasteiger partial charge is 0.322 e. The van der Waals surface area contributed by atoms with E-state index in [0.717, 1.165) is 11.8 Å². The lowest BCUT2D eigenvalue weighted by atomic mass is 10.1. The standard InChI is InChI=1S/C21H20N2O5S2/c1-15-8-7-9-16(14-15)22-21(24)17-10-3-4-11-18(17)23-30(27,28)20-13-6-5-12-19(20)29(2,25)26/h3-14,23H,1-2H3,(H,22,24). The van der Waals surface area contributed by atoms with Crippen molar-refractivity contribution in [2.24, 2.45) is 0 Å². The van der Waals surface area contributed by atoms with E-state index in [4.69, 9.17) is 0 Å². The molecule has 0 aliphatic carbocycles. The molecule has 0 heterocycles. The predicted octanol–water partition coefficient (Wildman–Crippen LogP) is 3.45. The third-order valence-corrected chi connectivity index (χ3v) is 6.94. The number of sulfonamides is 1. The number of nitrogens with one attached hydrogen (secondary N) is 2. The summed E-state index contributed by atoms with van der Waals surface area (Å²) in [6.45, 7) is 1.89. The van der Waals surface area contributed by atoms with E-state index in [1.54, 1.807) is 30.3 Å². The van der Waals surface area contributed by atoms with Crippen molar-refractivity contribution in [3.8, 4) is 0 Å². The van der Waals surface area contributed by atoms with Crippen LogP contribution in [0.5, 0.6) is 0 Å². The fourth-order valence-electron chi connectivity index (χ4n) is 2.87. The number of para-hydroxylation sites is 1. The summed E-state index contributed by atoms with van der Waals surface area (Å²) >= 11 is 0. The van der Waals surface area contributed by atoms with Gasteiger partial charge in [-0.25, -0.2) is 16.8 Å². The number of hydrogen-bond donors (Lipinski definition) is 2. The minimum atomic E-state index is -4.27. The maximum Gasteiger partial charge on any atom is 0.263 e. The van der Waals surface area contributed by atoms with Gasteiger partial charge in [-0.3, -0.25) is 9.52 Å². The Morgan fingerprint density at radius 2 is 1.43 bits per heavy atom. The van der Waals surface area contributed by atoms with Gasteiger partial charge in [0.15, 0.2) is 9.84 Å². The van der Waals surface area contributed by atoms with Crippen LogP contribution in [0, 0.1) is 6.92 Å². The molecule has 0 spiro atoms. The Morgan fingerprint density at radius 1 is 0.800 bits per heavy atom. The zero-order chi connectivity index (χ0) is 21.9. The Labute approximate surface area is 175 Å². The molecule has 7 nitrogen and oxygen atoms in total. The van der Waals surface area contributed by atoms with Crippen molar-refractivity contribution < 1.29 is 21.6 Å². The molecule has 0 aliphatic heterocycles. The van der Waals surface area contributed by atoms with Crippen molar-refractivity contribution in [2.45, 2.75) is 16.7 Å². The van der Waals surface area contributed by atoms with Gasteiger partial charge in [-0.1, -0.05) is 36.4 Å². The van der Waals surface area contributed by atoms with Crippen LogP contribution < -0.4 is 10.0 Å². The van der Waals surface area contributed by atoms with Crippen molar-refractivity contribution in [3.63, 3.8) is 0 Å². The molecule has 0 saturated carbocycles. The van der Waals surface area contributed by atoms with Crippen LogP contribution in [0.4, 0.5) is 11.4 Å². The van der Waals surface area contributed by atoms with Gasteiger partial charge in [-0.2, -0.15) is 0 Å². The molecule has 0 unspecified atom stereocenters. The van der Waals surface area contributed by atoms with Crippen molar-refractivity contribution in [3.05, 3.63) is 83.9 Å². The number of carbonyl (C=O) groups excluding carboxylic acids is 1. The summed E-state index contributed by atoms with van der Waals surface area (Å²) in [6.07, 6.45) is 0.935. The highest BCUT2D eigenvalue weighted by Crippen LogP contribution is 2.25. The van der Waals surface area contributed by atoms with E-state index in [-0.39, 0.29) is 21.0 Å². The second-order valence-corrected chi connectivity index (χ2v) is 10.3. The Bertz CT molecular complexity index is 1320. The molecule has 0 saturated heterocycles. The number of amides is 1. The summed E-state index contributed by atoms with van der Waals surface area (Å²) in [6, 6.07) is 18.6. The van der Waals surface area contributed by atoms with Crippen LogP contribution in [0.25, 0.3) is 0 Å². The van der Waals surface area contributed by atoms with E-state index in [2.05, 4.69) is 10.0 Å². The molecule has 0 fully saturated rings. The van der Waals surface area contributed by atoms with E-state index < -0.39 is 25.8 Å². The first-order valence-electron chi connectivity index (χ1n) is 8.87. The van der Waals surface area contributed by atoms with E-state index in [1.165, 1.54) is 36.4 Å². The van der Waals surface area contributed by atoms with Crippen molar-refractivity contribution in [2.75, 3.05) is 16.3 Å². The minimum absolute atomic E-state index is 0.0333. The number of rotatable bonds is 6. The molecule has 0 aromatic heterocycles. The Kier molecular flexibility index (Phi) is 5.95. The molecule has 3 aromatic rings. The van der Waals surface area contributed by atoms with Crippen molar-refractivity contribution in [1.82, 2.24) is 0 Å². The molecule has 9 heteroatoms. The van der Waals surface area contributed by atoms with E-state index in [1.807, 2.05) is 13.0 Å². The Balaban J connectivity index is 1.96. The van der Waals surface area contributed by atoms with Gasteiger partial charge in [0.1, 0.15) is 4.90 Å². The topological polar surface area (TPSA) is 109 Å². The van der Waals surface area contributed by atoms with Crippen molar-refractivity contribution >= 4 is 37.1 Å². The normalized spacial score (nSPS) is 11.7. The monoisotopic (exact) mass is 444 g/mol. The van der Waals surface area contributed by atoms with Crippen LogP contribution in [0.2, 0.25) is 0 Å². The van der Waals surface area contributed by atoms with Gasteiger partial charge in [0.2, 0.25) is 0 Å². The predicted molar refractivity (Wildman–Crippen MR) is 116 cm³/mol. The summed E-state index contributed by atoms with van der Waals surface area (Å²) in [5.74, 6) is -0.504. The van der Waals surface area contributed by atoms with Gasteiger partial charge in [0, 0.05) is 11.9 Å². The number of anilines is 2. The van der Waals surface area contributed by atoms with Crippen LogP contribution in [-0.2, 0) is 19.9 Å². The molecular weight excluding hydrogens is 424 g/mol. The van der Waals surface area contributed by atoms with Crippen LogP contribution in [-0.4, -0.2) is 29.0 Å². The van der Waals surface area contributed by atoms with Crippen LogP contribution in [0.3, 0.4) is 0 Å². The Hall–Kier alpha value is -3.17. The average molecular weight is 445 g/mol. The highest BCUT2D eigenvalue weighted by molar-refractivity contribution is 7.95. The number of benzene rings is 3. The quantitative estimate of drug-likeness (QED) is 0.605. The van der Waals surface area contributed by atoms with Crippen LogP contribution in [0.15, 0.2) is 82.6 Å². The number of sulfone groups is 1. The third-order valence-electron chi connectivity index (χ3n) is 4.23. The smallest absolute Gasteiger partial charge is 0.263 e. The molecule has 2 N–H and O–H groups in total. The molecule has 3 rings (SSSR count). The lowest BCUT2D eigenvalue weighted by Crippen LogP contribution is -2.20. The fourth-order valence-corrected chi connectivity index (χ4v) is 5.58. The van der Waals surface area contributed by atoms with Gasteiger partial charge in [0.05, 0.1) is 16.1 Å². The fraction of sp³-hybridized carbons (Fsp3) is 0.0952. The Morgan fingerprint density at radius 3 is 2.10 bits per heavy atom. The SMILES string of the molecule is Cc1cccc(NC(=O)c2ccccc2NS(=O)(=O)c2ccccc2S(C)(=O)=O)c1. The lowest BCUT2D eigenvalue weighted by Gasteiger charge is -2.14. The zero-order valence-corrected chi connectivity index (χ0v) is 17.9. The summed E-state index contributed by atoms with van der Waals surface area (Å²) < 4.78 is 52.2. The molecule has 0 bridgehead atoms. The summed E-state index contributed by atoms with van der Waals surface area (Å²) in [4.78, 5) is 12.0. The second-order valence-electron chi connectivity index (χ2n) is 6.69. The zero-order valence-electron chi connectivity index (χ0n) is 16.3. The van der Waals surface area contributed by atoms with Gasteiger partial charge >= 0.3 is 0 Å². The molecule has 30 heavy (non-hydrogen) atoms. The first-order chi connectivity index (χ1) is 14.1. The highest BCUT2D eigenvalue weighted by Gasteiger charge is 2.25. The molecule has 1 amide bonds. The van der Waals surface area contributed by atoms with E-state index in [0.29, 0.717) is 5.69 Å². The molecule has 0 aliphatic rings. The average Bonchev–Trinajstić information content (AvgIpc) is 2.67. The van der Waals surface area contributed by atoms with Gasteiger partial charge in [0.25, 0.3) is 15.9 Å². The van der Waals surface area contributed by atoms with Crippen molar-refractivity contribution in [1.29, 1.82) is 0 Å². The molecule has 156 valence electrons. The minimum Gasteiger partial charge on any atom is -0.322 e. The van der Waals surface area contributed by atoms with Gasteiger partial charge in [-0.15, -0.1) is 0 Å². The first kappa shape index (κ1) is 21.5.